The van der Waals surface area contributed by atoms with Gasteiger partial charge in [0, 0.05) is 36.5 Å². The Morgan fingerprint density at radius 3 is 2.82 bits per heavy atom. The molecule has 5 rings (SSSR count). The maximum atomic E-state index is 12.5. The predicted octanol–water partition coefficient (Wildman–Crippen LogP) is 4.33. The summed E-state index contributed by atoms with van der Waals surface area (Å²) < 4.78 is 8.01. The fourth-order valence-electron chi connectivity index (χ4n) is 4.32. The maximum Gasteiger partial charge on any atom is 0.308 e. The molecule has 1 fully saturated rings. The molecule has 1 aliphatic rings. The van der Waals surface area contributed by atoms with Crippen molar-refractivity contribution in [3.8, 4) is 17.3 Å². The van der Waals surface area contributed by atoms with Crippen LogP contribution in [0, 0.1) is 5.92 Å². The third kappa shape index (κ3) is 4.79. The van der Waals surface area contributed by atoms with Gasteiger partial charge in [-0.15, -0.1) is 0 Å². The Morgan fingerprint density at radius 2 is 2.03 bits per heavy atom. The summed E-state index contributed by atoms with van der Waals surface area (Å²) in [6.07, 6.45) is 3.62. The molecule has 33 heavy (non-hydrogen) atoms. The smallest absolute Gasteiger partial charge is 0.308 e. The number of aromatic nitrogens is 3. The summed E-state index contributed by atoms with van der Waals surface area (Å²) in [6, 6.07) is 15.7. The van der Waals surface area contributed by atoms with E-state index in [0.717, 1.165) is 42.7 Å². The van der Waals surface area contributed by atoms with Crippen LogP contribution >= 0.6 is 11.6 Å². The lowest BCUT2D eigenvalue weighted by molar-refractivity contribution is -0.121. The summed E-state index contributed by atoms with van der Waals surface area (Å²) in [6.45, 7) is 2.84. The number of para-hydroxylation sites is 2. The van der Waals surface area contributed by atoms with E-state index in [4.69, 9.17) is 21.0 Å². The zero-order valence-electron chi connectivity index (χ0n) is 18.5. The summed E-state index contributed by atoms with van der Waals surface area (Å²) in [5, 5.41) is 3.73. The first-order chi connectivity index (χ1) is 16.1. The van der Waals surface area contributed by atoms with Crippen molar-refractivity contribution in [1.29, 1.82) is 0 Å². The fraction of sp³-hybridized carbons (Fsp3) is 0.320. The van der Waals surface area contributed by atoms with Crippen molar-refractivity contribution in [1.82, 2.24) is 24.8 Å². The highest BCUT2D eigenvalue weighted by atomic mass is 35.5. The van der Waals surface area contributed by atoms with Gasteiger partial charge in [-0.05, 0) is 50.2 Å². The number of imidazole rings is 1. The predicted molar refractivity (Wildman–Crippen MR) is 129 cm³/mol. The molecule has 1 amide bonds. The molecule has 1 aliphatic heterocycles. The van der Waals surface area contributed by atoms with E-state index in [2.05, 4.69) is 22.2 Å². The molecule has 7 nitrogen and oxygen atoms in total. The van der Waals surface area contributed by atoms with Gasteiger partial charge in [0.25, 0.3) is 0 Å². The van der Waals surface area contributed by atoms with E-state index in [9.17, 15) is 4.79 Å². The van der Waals surface area contributed by atoms with Crippen LogP contribution in [0.5, 0.6) is 0 Å². The van der Waals surface area contributed by atoms with Crippen molar-refractivity contribution >= 4 is 28.5 Å². The number of likely N-dealkylation sites (tertiary alicyclic amines) is 1. The number of aryl methyl sites for hydroxylation is 1. The fourth-order valence-corrected chi connectivity index (χ4v) is 4.45. The van der Waals surface area contributed by atoms with Gasteiger partial charge in [0.2, 0.25) is 5.91 Å². The van der Waals surface area contributed by atoms with E-state index in [1.165, 1.54) is 0 Å². The van der Waals surface area contributed by atoms with E-state index in [0.29, 0.717) is 41.3 Å². The molecule has 0 saturated carbocycles. The quantitative estimate of drug-likeness (QED) is 0.441. The second-order valence-corrected chi connectivity index (χ2v) is 9.04. The summed E-state index contributed by atoms with van der Waals surface area (Å²) in [5.41, 5.74) is 3.38. The summed E-state index contributed by atoms with van der Waals surface area (Å²) in [7, 11) is 2.12. The third-order valence-corrected chi connectivity index (χ3v) is 6.37. The van der Waals surface area contributed by atoms with E-state index in [1.807, 2.05) is 53.1 Å². The topological polar surface area (TPSA) is 76.2 Å². The molecule has 1 unspecified atom stereocenters. The normalized spacial score (nSPS) is 16.5. The molecule has 0 aliphatic carbocycles. The molecule has 170 valence electrons. The molecule has 0 bridgehead atoms. The lowest BCUT2D eigenvalue weighted by Gasteiger charge is -2.11. The summed E-state index contributed by atoms with van der Waals surface area (Å²) in [4.78, 5) is 24.0. The lowest BCUT2D eigenvalue weighted by atomic mass is 10.1. The molecule has 0 spiro atoms. The van der Waals surface area contributed by atoms with Gasteiger partial charge in [-0.25, -0.2) is 4.98 Å². The van der Waals surface area contributed by atoms with E-state index >= 15 is 0 Å². The minimum Gasteiger partial charge on any atom is -0.427 e. The Hall–Kier alpha value is -3.16. The maximum absolute atomic E-state index is 12.5. The standard InChI is InChI=1S/C25H26ClN5O2/c1-30-13-12-17(15-30)14-27-23(32)11-10-22-24(18-6-8-19(26)9-7-18)29-25(33-22)31-16-28-20-4-2-3-5-21(20)31/h2-9,16-17H,10-15H2,1H3,(H,27,32). The number of carbonyl (C=O) groups excluding carboxylic acids is 1. The van der Waals surface area contributed by atoms with Crippen molar-refractivity contribution in [3.05, 3.63) is 65.6 Å². The molecule has 2 aromatic carbocycles. The summed E-state index contributed by atoms with van der Waals surface area (Å²) in [5.74, 6) is 1.22. The zero-order chi connectivity index (χ0) is 22.8. The molecule has 2 aromatic heterocycles. The number of oxazole rings is 1. The Balaban J connectivity index is 1.37. The highest BCUT2D eigenvalue weighted by Gasteiger charge is 2.21. The van der Waals surface area contributed by atoms with Gasteiger partial charge < -0.3 is 14.6 Å². The van der Waals surface area contributed by atoms with Crippen molar-refractivity contribution in [3.63, 3.8) is 0 Å². The Labute approximate surface area is 197 Å². The monoisotopic (exact) mass is 463 g/mol. The Kier molecular flexibility index (Phi) is 6.15. The average molecular weight is 464 g/mol. The molecule has 0 radical (unpaired) electrons. The van der Waals surface area contributed by atoms with Gasteiger partial charge >= 0.3 is 6.01 Å². The average Bonchev–Trinajstić information content (AvgIpc) is 3.54. The summed E-state index contributed by atoms with van der Waals surface area (Å²) >= 11 is 6.08. The van der Waals surface area contributed by atoms with Gasteiger partial charge in [0.1, 0.15) is 17.8 Å². The molecule has 8 heteroatoms. The number of nitrogens with one attached hydrogen (secondary N) is 1. The number of fused-ring (bicyclic) bond motifs is 1. The largest absolute Gasteiger partial charge is 0.427 e. The number of carbonyl (C=O) groups is 1. The zero-order valence-corrected chi connectivity index (χ0v) is 19.3. The van der Waals surface area contributed by atoms with Crippen LogP contribution in [0.25, 0.3) is 28.3 Å². The second-order valence-electron chi connectivity index (χ2n) is 8.60. The molecular weight excluding hydrogens is 438 g/mol. The van der Waals surface area contributed by atoms with Gasteiger partial charge in [-0.1, -0.05) is 35.9 Å². The molecule has 3 heterocycles. The van der Waals surface area contributed by atoms with Crippen molar-refractivity contribution < 1.29 is 9.21 Å². The van der Waals surface area contributed by atoms with Crippen LogP contribution in [0.3, 0.4) is 0 Å². The second kappa shape index (κ2) is 9.37. The highest BCUT2D eigenvalue weighted by molar-refractivity contribution is 6.30. The number of hydrogen-bond acceptors (Lipinski definition) is 5. The van der Waals surface area contributed by atoms with Crippen molar-refractivity contribution in [2.45, 2.75) is 19.3 Å². The van der Waals surface area contributed by atoms with Gasteiger partial charge in [0.05, 0.1) is 11.0 Å². The minimum absolute atomic E-state index is 0.0256. The van der Waals surface area contributed by atoms with Crippen LogP contribution in [0.1, 0.15) is 18.6 Å². The van der Waals surface area contributed by atoms with Gasteiger partial charge in [0.15, 0.2) is 0 Å². The number of halogens is 1. The molecule has 4 aromatic rings. The number of rotatable bonds is 7. The van der Waals surface area contributed by atoms with Crippen LogP contribution < -0.4 is 5.32 Å². The molecule has 1 atom stereocenters. The lowest BCUT2D eigenvalue weighted by Crippen LogP contribution is -2.30. The van der Waals surface area contributed by atoms with Crippen LogP contribution in [-0.2, 0) is 11.2 Å². The van der Waals surface area contributed by atoms with E-state index < -0.39 is 0 Å². The van der Waals surface area contributed by atoms with E-state index in [-0.39, 0.29) is 5.91 Å². The Bertz CT molecular complexity index is 1260. The van der Waals surface area contributed by atoms with Crippen LogP contribution in [-0.4, -0.2) is 52.0 Å². The first-order valence-corrected chi connectivity index (χ1v) is 11.6. The van der Waals surface area contributed by atoms with E-state index in [1.54, 1.807) is 6.33 Å². The first-order valence-electron chi connectivity index (χ1n) is 11.2. The first kappa shape index (κ1) is 21.7. The molecular formula is C25H26ClN5O2. The SMILES string of the molecule is CN1CCC(CNC(=O)CCc2oc(-n3cnc4ccccc43)nc2-c2ccc(Cl)cc2)C1. The number of benzene rings is 2. The molecule has 1 N–H and O–H groups in total. The molecule has 1 saturated heterocycles. The van der Waals surface area contributed by atoms with Crippen LogP contribution in [0.4, 0.5) is 0 Å². The third-order valence-electron chi connectivity index (χ3n) is 6.12. The minimum atomic E-state index is 0.0256. The van der Waals surface area contributed by atoms with Crippen LogP contribution in [0.15, 0.2) is 59.3 Å². The Morgan fingerprint density at radius 1 is 1.21 bits per heavy atom. The van der Waals surface area contributed by atoms with Gasteiger partial charge in [-0.2, -0.15) is 4.98 Å². The number of hydrogen-bond donors (Lipinski definition) is 1. The van der Waals surface area contributed by atoms with Gasteiger partial charge in [-0.3, -0.25) is 9.36 Å². The highest BCUT2D eigenvalue weighted by Crippen LogP contribution is 2.29. The van der Waals surface area contributed by atoms with Crippen LogP contribution in [0.2, 0.25) is 5.02 Å². The number of nitrogens with zero attached hydrogens (tertiary/aromatic N) is 4. The van der Waals surface area contributed by atoms with Crippen molar-refractivity contribution in [2.75, 3.05) is 26.7 Å². The number of amides is 1. The van der Waals surface area contributed by atoms with Crippen molar-refractivity contribution in [2.24, 2.45) is 5.92 Å².